The highest BCUT2D eigenvalue weighted by Crippen LogP contribution is 2.06. The fraction of sp³-hybridized carbons (Fsp3) is 0.400. The molecule has 1 heterocycles. The molecule has 0 aliphatic heterocycles. The average Bonchev–Trinajstić information content (AvgIpc) is 2.38. The molecule has 0 radical (unpaired) electrons. The number of nitrogens with zero attached hydrogens (tertiary/aromatic N) is 1. The maximum Gasteiger partial charge on any atom is 0.337 e. The predicted molar refractivity (Wildman–Crippen MR) is 70.7 cm³/mol. The van der Waals surface area contributed by atoms with Crippen LogP contribution in [0.4, 0.5) is 0 Å². The SMILES string of the molecule is CCS(=O)(=O)CCNS(=O)(=O)c1ccc(C(=O)O)cn1. The highest BCUT2D eigenvalue weighted by Gasteiger charge is 2.17. The number of aromatic nitrogens is 1. The van der Waals surface area contributed by atoms with E-state index in [0.29, 0.717) is 0 Å². The van der Waals surface area contributed by atoms with Gasteiger partial charge in [0, 0.05) is 18.5 Å². The van der Waals surface area contributed by atoms with Crippen LogP contribution < -0.4 is 4.72 Å². The van der Waals surface area contributed by atoms with E-state index in [1.165, 1.54) is 6.92 Å². The van der Waals surface area contributed by atoms with Crippen molar-refractivity contribution in [2.24, 2.45) is 0 Å². The van der Waals surface area contributed by atoms with Crippen LogP contribution in [0.15, 0.2) is 23.4 Å². The number of carboxylic acids is 1. The summed E-state index contributed by atoms with van der Waals surface area (Å²) >= 11 is 0. The molecule has 0 aliphatic rings. The molecule has 0 saturated carbocycles. The average molecular weight is 322 g/mol. The molecule has 1 aromatic rings. The Balaban J connectivity index is 2.77. The van der Waals surface area contributed by atoms with Crippen molar-refractivity contribution in [2.75, 3.05) is 18.1 Å². The Kier molecular flexibility index (Phi) is 5.20. The monoisotopic (exact) mass is 322 g/mol. The first-order chi connectivity index (χ1) is 9.18. The molecular weight excluding hydrogens is 308 g/mol. The Morgan fingerprint density at radius 1 is 1.30 bits per heavy atom. The van der Waals surface area contributed by atoms with Crippen LogP contribution in [0.5, 0.6) is 0 Å². The number of sulfone groups is 1. The second-order valence-electron chi connectivity index (χ2n) is 3.82. The third-order valence-electron chi connectivity index (χ3n) is 2.40. The van der Waals surface area contributed by atoms with Gasteiger partial charge in [0.2, 0.25) is 0 Å². The van der Waals surface area contributed by atoms with E-state index in [9.17, 15) is 21.6 Å². The zero-order chi connectivity index (χ0) is 15.4. The summed E-state index contributed by atoms with van der Waals surface area (Å²) in [6.07, 6.45) is 0.916. The van der Waals surface area contributed by atoms with Crippen LogP contribution >= 0.6 is 0 Å². The van der Waals surface area contributed by atoms with E-state index in [-0.39, 0.29) is 28.6 Å². The largest absolute Gasteiger partial charge is 0.478 e. The molecule has 0 atom stereocenters. The van der Waals surface area contributed by atoms with E-state index >= 15 is 0 Å². The summed E-state index contributed by atoms with van der Waals surface area (Å²) in [7, 11) is -7.22. The number of nitrogens with one attached hydrogen (secondary N) is 1. The van der Waals surface area contributed by atoms with Gasteiger partial charge in [-0.3, -0.25) is 0 Å². The quantitative estimate of drug-likeness (QED) is 0.691. The molecule has 0 aliphatic carbocycles. The molecule has 1 aromatic heterocycles. The lowest BCUT2D eigenvalue weighted by Crippen LogP contribution is -2.30. The van der Waals surface area contributed by atoms with Gasteiger partial charge in [-0.15, -0.1) is 0 Å². The maximum absolute atomic E-state index is 11.8. The van der Waals surface area contributed by atoms with Crippen LogP contribution in [-0.2, 0) is 19.9 Å². The molecule has 2 N–H and O–H groups in total. The van der Waals surface area contributed by atoms with E-state index in [4.69, 9.17) is 5.11 Å². The molecule has 0 saturated heterocycles. The number of rotatable bonds is 7. The molecule has 20 heavy (non-hydrogen) atoms. The highest BCUT2D eigenvalue weighted by molar-refractivity contribution is 7.91. The van der Waals surface area contributed by atoms with Gasteiger partial charge < -0.3 is 5.11 Å². The summed E-state index contributed by atoms with van der Waals surface area (Å²) in [5, 5.41) is 8.30. The summed E-state index contributed by atoms with van der Waals surface area (Å²) in [5.74, 6) is -1.60. The van der Waals surface area contributed by atoms with Gasteiger partial charge >= 0.3 is 5.97 Å². The number of carbonyl (C=O) groups is 1. The van der Waals surface area contributed by atoms with E-state index < -0.39 is 25.8 Å². The Hall–Kier alpha value is -1.52. The molecule has 10 heteroatoms. The Labute approximate surface area is 116 Å². The van der Waals surface area contributed by atoms with Crippen LogP contribution in [0.25, 0.3) is 0 Å². The predicted octanol–water partition coefficient (Wildman–Crippen LogP) is -0.507. The molecule has 0 amide bonds. The van der Waals surface area contributed by atoms with E-state index in [0.717, 1.165) is 18.3 Å². The minimum atomic E-state index is -3.95. The topological polar surface area (TPSA) is 130 Å². The molecule has 0 fully saturated rings. The van der Waals surface area contributed by atoms with Crippen LogP contribution in [0, 0.1) is 0 Å². The Bertz CT molecular complexity index is 679. The Morgan fingerprint density at radius 3 is 2.40 bits per heavy atom. The first kappa shape index (κ1) is 16.5. The van der Waals surface area contributed by atoms with Gasteiger partial charge in [-0.25, -0.2) is 31.3 Å². The molecule has 0 unspecified atom stereocenters. The zero-order valence-corrected chi connectivity index (χ0v) is 12.2. The second kappa shape index (κ2) is 6.29. The molecule has 0 aromatic carbocycles. The summed E-state index contributed by atoms with van der Waals surface area (Å²) in [6.45, 7) is 1.21. The van der Waals surface area contributed by atoms with Crippen molar-refractivity contribution in [1.82, 2.24) is 9.71 Å². The van der Waals surface area contributed by atoms with Crippen molar-refractivity contribution in [3.63, 3.8) is 0 Å². The zero-order valence-electron chi connectivity index (χ0n) is 10.6. The lowest BCUT2D eigenvalue weighted by molar-refractivity contribution is 0.0696. The number of aromatic carboxylic acids is 1. The number of hydrogen-bond acceptors (Lipinski definition) is 6. The van der Waals surface area contributed by atoms with Crippen molar-refractivity contribution < 1.29 is 26.7 Å². The van der Waals surface area contributed by atoms with Crippen molar-refractivity contribution >= 4 is 25.8 Å². The van der Waals surface area contributed by atoms with Crippen molar-refractivity contribution in [1.29, 1.82) is 0 Å². The van der Waals surface area contributed by atoms with Crippen LogP contribution in [0.3, 0.4) is 0 Å². The van der Waals surface area contributed by atoms with E-state index in [1.54, 1.807) is 0 Å². The van der Waals surface area contributed by atoms with Gasteiger partial charge in [0.1, 0.15) is 0 Å². The summed E-state index contributed by atoms with van der Waals surface area (Å²) < 4.78 is 48.1. The number of pyridine rings is 1. The fourth-order valence-electron chi connectivity index (χ4n) is 1.22. The third kappa shape index (κ3) is 4.54. The molecule has 0 spiro atoms. The number of hydrogen-bond donors (Lipinski definition) is 2. The minimum absolute atomic E-state index is 0.0692. The van der Waals surface area contributed by atoms with Crippen molar-refractivity contribution in [3.05, 3.63) is 23.9 Å². The summed E-state index contributed by atoms with van der Waals surface area (Å²) in [4.78, 5) is 14.1. The molecule has 1 rings (SSSR count). The van der Waals surface area contributed by atoms with Gasteiger partial charge in [0.05, 0.1) is 11.3 Å². The smallest absolute Gasteiger partial charge is 0.337 e. The number of carboxylic acid groups (broad SMARTS) is 1. The summed E-state index contributed by atoms with van der Waals surface area (Å²) in [6, 6.07) is 2.15. The van der Waals surface area contributed by atoms with Crippen molar-refractivity contribution in [2.45, 2.75) is 11.9 Å². The maximum atomic E-state index is 11.8. The highest BCUT2D eigenvalue weighted by atomic mass is 32.2. The van der Waals surface area contributed by atoms with E-state index in [2.05, 4.69) is 9.71 Å². The standard InChI is InChI=1S/C10H14N2O6S2/c1-2-19(15,16)6-5-12-20(17,18)9-4-3-8(7-11-9)10(13)14/h3-4,7,12H,2,5-6H2,1H3,(H,13,14). The molecule has 8 nitrogen and oxygen atoms in total. The number of sulfonamides is 1. The fourth-order valence-corrected chi connectivity index (χ4v) is 3.00. The van der Waals surface area contributed by atoms with Crippen LogP contribution in [0.2, 0.25) is 0 Å². The van der Waals surface area contributed by atoms with E-state index in [1.807, 2.05) is 0 Å². The Morgan fingerprint density at radius 2 is 1.95 bits per heavy atom. The first-order valence-corrected chi connectivity index (χ1v) is 8.88. The van der Waals surface area contributed by atoms with Gasteiger partial charge in [-0.05, 0) is 12.1 Å². The normalized spacial score (nSPS) is 12.2. The third-order valence-corrected chi connectivity index (χ3v) is 5.49. The molecular formula is C10H14N2O6S2. The summed E-state index contributed by atoms with van der Waals surface area (Å²) in [5.41, 5.74) is -0.141. The molecule has 0 bridgehead atoms. The molecule has 112 valence electrons. The van der Waals surface area contributed by atoms with Gasteiger partial charge in [0.15, 0.2) is 14.9 Å². The van der Waals surface area contributed by atoms with Gasteiger partial charge in [-0.1, -0.05) is 6.92 Å². The lowest BCUT2D eigenvalue weighted by Gasteiger charge is -2.06. The van der Waals surface area contributed by atoms with Crippen LogP contribution in [0.1, 0.15) is 17.3 Å². The first-order valence-electron chi connectivity index (χ1n) is 5.57. The van der Waals surface area contributed by atoms with Crippen molar-refractivity contribution in [3.8, 4) is 0 Å². The lowest BCUT2D eigenvalue weighted by atomic mass is 10.3. The second-order valence-corrected chi connectivity index (χ2v) is 8.01. The van der Waals surface area contributed by atoms with Crippen LogP contribution in [-0.4, -0.2) is 50.9 Å². The van der Waals surface area contributed by atoms with Gasteiger partial charge in [0.25, 0.3) is 10.0 Å². The minimum Gasteiger partial charge on any atom is -0.478 e. The van der Waals surface area contributed by atoms with Gasteiger partial charge in [-0.2, -0.15) is 0 Å².